The predicted molar refractivity (Wildman–Crippen MR) is 83.2 cm³/mol. The Morgan fingerprint density at radius 3 is 2.55 bits per heavy atom. The van der Waals surface area contributed by atoms with Crippen LogP contribution in [0.4, 0.5) is 0 Å². The zero-order valence-electron chi connectivity index (χ0n) is 12.9. The molecule has 0 radical (unpaired) electrons. The molecule has 0 aromatic carbocycles. The minimum atomic E-state index is 0.570. The molecule has 2 rings (SSSR count). The Morgan fingerprint density at radius 2 is 1.90 bits per heavy atom. The van der Waals surface area contributed by atoms with Gasteiger partial charge in [-0.1, -0.05) is 38.5 Å². The molecule has 1 aromatic heterocycles. The minimum absolute atomic E-state index is 0.570. The molecule has 1 saturated carbocycles. The third kappa shape index (κ3) is 4.96. The van der Waals surface area contributed by atoms with Gasteiger partial charge in [-0.3, -0.25) is 0 Å². The van der Waals surface area contributed by atoms with Gasteiger partial charge >= 0.3 is 0 Å². The summed E-state index contributed by atoms with van der Waals surface area (Å²) in [7, 11) is 0. The van der Waals surface area contributed by atoms with Crippen LogP contribution < -0.4 is 0 Å². The highest BCUT2D eigenvalue weighted by Crippen LogP contribution is 2.31. The van der Waals surface area contributed by atoms with E-state index in [0.29, 0.717) is 5.92 Å². The highest BCUT2D eigenvalue weighted by atomic mass is 15.1. The van der Waals surface area contributed by atoms with Crippen LogP contribution in [0.5, 0.6) is 0 Å². The van der Waals surface area contributed by atoms with E-state index in [2.05, 4.69) is 29.0 Å². The van der Waals surface area contributed by atoms with Gasteiger partial charge in [0.05, 0.1) is 5.69 Å². The van der Waals surface area contributed by atoms with E-state index in [1.165, 1.54) is 51.4 Å². The molecule has 0 amide bonds. The average Bonchev–Trinajstić information content (AvgIpc) is 2.48. The van der Waals surface area contributed by atoms with E-state index in [-0.39, 0.29) is 0 Å². The van der Waals surface area contributed by atoms with Crippen LogP contribution in [0.2, 0.25) is 0 Å². The van der Waals surface area contributed by atoms with Crippen LogP contribution in [-0.4, -0.2) is 10.2 Å². The molecule has 2 heteroatoms. The summed E-state index contributed by atoms with van der Waals surface area (Å²) in [6.07, 6.45) is 10.8. The van der Waals surface area contributed by atoms with Crippen LogP contribution in [0.3, 0.4) is 0 Å². The molecule has 0 atom stereocenters. The number of hydrogen-bond acceptors (Lipinski definition) is 2. The van der Waals surface area contributed by atoms with Crippen molar-refractivity contribution in [3.8, 4) is 11.8 Å². The van der Waals surface area contributed by atoms with Crippen molar-refractivity contribution in [1.29, 1.82) is 0 Å². The first-order valence-electron chi connectivity index (χ1n) is 8.09. The van der Waals surface area contributed by atoms with E-state index in [1.54, 1.807) is 0 Å². The van der Waals surface area contributed by atoms with Crippen molar-refractivity contribution in [1.82, 2.24) is 10.2 Å². The molecular weight excluding hydrogens is 244 g/mol. The Hall–Kier alpha value is -1.36. The van der Waals surface area contributed by atoms with Crippen LogP contribution in [0.15, 0.2) is 12.1 Å². The summed E-state index contributed by atoms with van der Waals surface area (Å²) in [5.41, 5.74) is 1.75. The Kier molecular flexibility index (Phi) is 6.05. The largest absolute Gasteiger partial charge is 0.155 e. The van der Waals surface area contributed by atoms with E-state index in [0.717, 1.165) is 17.3 Å². The second kappa shape index (κ2) is 8.04. The van der Waals surface area contributed by atoms with Gasteiger partial charge in [-0.05, 0) is 56.6 Å². The maximum atomic E-state index is 4.10. The second-order valence-electron chi connectivity index (χ2n) is 6.04. The van der Waals surface area contributed by atoms with E-state index in [1.807, 2.05) is 19.1 Å². The molecule has 0 N–H and O–H groups in total. The number of unbranched alkanes of at least 4 members (excludes halogenated alkanes) is 2. The van der Waals surface area contributed by atoms with Gasteiger partial charge in [0, 0.05) is 5.92 Å². The molecule has 0 bridgehead atoms. The lowest BCUT2D eigenvalue weighted by molar-refractivity contribution is 0.294. The van der Waals surface area contributed by atoms with Crippen LogP contribution in [-0.2, 0) is 0 Å². The van der Waals surface area contributed by atoms with Gasteiger partial charge in [0.25, 0.3) is 0 Å². The van der Waals surface area contributed by atoms with Crippen molar-refractivity contribution in [3.63, 3.8) is 0 Å². The van der Waals surface area contributed by atoms with Crippen molar-refractivity contribution in [3.05, 3.63) is 23.5 Å². The Morgan fingerprint density at radius 1 is 1.10 bits per heavy atom. The lowest BCUT2D eigenvalue weighted by Crippen LogP contribution is -2.13. The molecular formula is C18H26N2. The molecule has 1 heterocycles. The second-order valence-corrected chi connectivity index (χ2v) is 6.04. The van der Waals surface area contributed by atoms with Crippen molar-refractivity contribution < 1.29 is 0 Å². The van der Waals surface area contributed by atoms with Crippen molar-refractivity contribution >= 4 is 0 Å². The van der Waals surface area contributed by atoms with Crippen LogP contribution >= 0.6 is 0 Å². The summed E-state index contributed by atoms with van der Waals surface area (Å²) in [6.45, 7) is 4.23. The summed E-state index contributed by atoms with van der Waals surface area (Å²) < 4.78 is 0. The van der Waals surface area contributed by atoms with Crippen LogP contribution in [0.25, 0.3) is 0 Å². The van der Waals surface area contributed by atoms with Crippen LogP contribution in [0.1, 0.15) is 69.7 Å². The summed E-state index contributed by atoms with van der Waals surface area (Å²) in [5.74, 6) is 8.10. The van der Waals surface area contributed by atoms with Gasteiger partial charge in [-0.25, -0.2) is 0 Å². The summed E-state index contributed by atoms with van der Waals surface area (Å²) in [5, 5.41) is 8.15. The zero-order valence-corrected chi connectivity index (χ0v) is 12.9. The lowest BCUT2D eigenvalue weighted by Gasteiger charge is -2.25. The quantitative estimate of drug-likeness (QED) is 0.593. The van der Waals surface area contributed by atoms with Gasteiger partial charge in [0.1, 0.15) is 5.69 Å². The van der Waals surface area contributed by atoms with Crippen LogP contribution in [0, 0.1) is 30.6 Å². The minimum Gasteiger partial charge on any atom is -0.155 e. The van der Waals surface area contributed by atoms with E-state index < -0.39 is 0 Å². The zero-order chi connectivity index (χ0) is 14.2. The Labute approximate surface area is 123 Å². The van der Waals surface area contributed by atoms with Crippen molar-refractivity contribution in [2.24, 2.45) is 11.8 Å². The fourth-order valence-electron chi connectivity index (χ4n) is 2.92. The van der Waals surface area contributed by atoms with Crippen molar-refractivity contribution in [2.75, 3.05) is 0 Å². The lowest BCUT2D eigenvalue weighted by atomic mass is 9.80. The summed E-state index contributed by atoms with van der Waals surface area (Å²) in [4.78, 5) is 0. The molecule has 1 aromatic rings. The molecule has 20 heavy (non-hydrogen) atoms. The highest BCUT2D eigenvalue weighted by Gasteiger charge is 2.19. The first-order chi connectivity index (χ1) is 9.78. The standard InChI is InChI=1S/C18H26N2/c1-3-4-5-6-16-8-10-17(11-9-16)12-14-18-13-7-15(2)19-20-18/h7,13,16-17H,3-6,8-11H2,1-2H3/t16-,17-. The maximum Gasteiger partial charge on any atom is 0.135 e. The monoisotopic (exact) mass is 270 g/mol. The molecule has 0 unspecified atom stereocenters. The van der Waals surface area contributed by atoms with E-state index in [9.17, 15) is 0 Å². The molecule has 1 fully saturated rings. The normalized spacial score (nSPS) is 22.1. The molecule has 0 aliphatic heterocycles. The number of rotatable bonds is 4. The fourth-order valence-corrected chi connectivity index (χ4v) is 2.92. The molecule has 1 aliphatic rings. The third-order valence-electron chi connectivity index (χ3n) is 4.26. The average molecular weight is 270 g/mol. The summed E-state index contributed by atoms with van der Waals surface area (Å²) in [6, 6.07) is 3.94. The molecule has 2 nitrogen and oxygen atoms in total. The maximum absolute atomic E-state index is 4.10. The fraction of sp³-hybridized carbons (Fsp3) is 0.667. The number of hydrogen-bond donors (Lipinski definition) is 0. The van der Waals surface area contributed by atoms with E-state index in [4.69, 9.17) is 0 Å². The first kappa shape index (κ1) is 15.0. The summed E-state index contributed by atoms with van der Waals surface area (Å²) >= 11 is 0. The molecule has 0 spiro atoms. The molecule has 108 valence electrons. The number of aromatic nitrogens is 2. The molecule has 0 saturated heterocycles. The van der Waals surface area contributed by atoms with Crippen molar-refractivity contribution in [2.45, 2.75) is 65.2 Å². The van der Waals surface area contributed by atoms with Gasteiger partial charge in [0.15, 0.2) is 0 Å². The van der Waals surface area contributed by atoms with E-state index >= 15 is 0 Å². The number of aryl methyl sites for hydroxylation is 1. The predicted octanol–water partition coefficient (Wildman–Crippen LogP) is 4.52. The van der Waals surface area contributed by atoms with Gasteiger partial charge in [-0.2, -0.15) is 5.10 Å². The molecule has 1 aliphatic carbocycles. The smallest absolute Gasteiger partial charge is 0.135 e. The Balaban J connectivity index is 1.76. The van der Waals surface area contributed by atoms with Gasteiger partial charge in [-0.15, -0.1) is 5.10 Å². The number of nitrogens with zero attached hydrogens (tertiary/aromatic N) is 2. The SMILES string of the molecule is CCCCC[C@H]1CC[C@H](C#Cc2ccc(C)nn2)CC1. The third-order valence-corrected chi connectivity index (χ3v) is 4.26. The highest BCUT2D eigenvalue weighted by molar-refractivity contribution is 5.27. The Bertz CT molecular complexity index is 445. The first-order valence-corrected chi connectivity index (χ1v) is 8.09. The van der Waals surface area contributed by atoms with Gasteiger partial charge < -0.3 is 0 Å². The topological polar surface area (TPSA) is 25.8 Å². The van der Waals surface area contributed by atoms with Gasteiger partial charge in [0.2, 0.25) is 0 Å².